The molecule has 2 aromatic rings. The van der Waals surface area contributed by atoms with E-state index in [-0.39, 0.29) is 24.5 Å². The minimum absolute atomic E-state index is 0.0247. The summed E-state index contributed by atoms with van der Waals surface area (Å²) < 4.78 is 15.2. The lowest BCUT2D eigenvalue weighted by molar-refractivity contribution is -0.156. The minimum Gasteiger partial charge on any atom is -0.465 e. The Hall–Kier alpha value is -3.60. The Balaban J connectivity index is 2.65. The number of hydrogen-bond acceptors (Lipinski definition) is 8. The number of hydrogen-bond donors (Lipinski definition) is 0. The highest BCUT2D eigenvalue weighted by molar-refractivity contribution is 6.01. The third-order valence-electron chi connectivity index (χ3n) is 4.12. The van der Waals surface area contributed by atoms with Gasteiger partial charge in [-0.25, -0.2) is 4.79 Å². The SMILES string of the molecule is CCOC(=O)C(C(=O)OCC)c1cc(-c2ccc(N(C)C)cc2)oc(=O)c1C#N. The van der Waals surface area contributed by atoms with Crippen molar-refractivity contribution in [2.24, 2.45) is 0 Å². The number of benzene rings is 1. The van der Waals surface area contributed by atoms with Crippen LogP contribution in [0, 0.1) is 11.3 Å². The van der Waals surface area contributed by atoms with Crippen LogP contribution in [0.4, 0.5) is 5.69 Å². The predicted octanol–water partition coefficient (Wildman–Crippen LogP) is 2.45. The largest absolute Gasteiger partial charge is 0.465 e. The summed E-state index contributed by atoms with van der Waals surface area (Å²) in [5.74, 6) is -3.25. The topological polar surface area (TPSA) is 110 Å². The van der Waals surface area contributed by atoms with Crippen LogP contribution in [0.5, 0.6) is 0 Å². The average Bonchev–Trinajstić information content (AvgIpc) is 2.68. The second kappa shape index (κ2) is 9.55. The molecule has 1 aromatic heterocycles. The average molecular weight is 398 g/mol. The van der Waals surface area contributed by atoms with Gasteiger partial charge in [0.15, 0.2) is 5.92 Å². The standard InChI is InChI=1S/C21H22N2O6/c1-5-27-20(25)18(21(26)28-6-2)15-11-17(29-19(24)16(15)12-22)13-7-9-14(10-8-13)23(3)4/h7-11,18H,5-6H2,1-4H3. The fourth-order valence-electron chi connectivity index (χ4n) is 2.72. The van der Waals surface area contributed by atoms with Crippen LogP contribution in [-0.4, -0.2) is 39.2 Å². The molecule has 0 aliphatic rings. The summed E-state index contributed by atoms with van der Waals surface area (Å²) in [6, 6.07) is 10.1. The zero-order valence-corrected chi connectivity index (χ0v) is 16.7. The van der Waals surface area contributed by atoms with E-state index < -0.39 is 29.0 Å². The van der Waals surface area contributed by atoms with Crippen LogP contribution in [-0.2, 0) is 19.1 Å². The number of carbonyl (C=O) groups is 2. The maximum atomic E-state index is 12.4. The van der Waals surface area contributed by atoms with Gasteiger partial charge < -0.3 is 18.8 Å². The highest BCUT2D eigenvalue weighted by Gasteiger charge is 2.35. The Morgan fingerprint density at radius 3 is 2.10 bits per heavy atom. The molecule has 1 aromatic carbocycles. The zero-order valence-electron chi connectivity index (χ0n) is 16.7. The molecule has 0 unspecified atom stereocenters. The molecule has 8 nitrogen and oxygen atoms in total. The van der Waals surface area contributed by atoms with Crippen molar-refractivity contribution in [3.8, 4) is 17.4 Å². The van der Waals surface area contributed by atoms with Gasteiger partial charge in [0.05, 0.1) is 13.2 Å². The first-order valence-corrected chi connectivity index (χ1v) is 9.03. The molecule has 0 N–H and O–H groups in total. The summed E-state index contributed by atoms with van der Waals surface area (Å²) in [6.07, 6.45) is 0. The summed E-state index contributed by atoms with van der Waals surface area (Å²) in [7, 11) is 3.77. The first-order valence-electron chi connectivity index (χ1n) is 9.03. The van der Waals surface area contributed by atoms with Crippen molar-refractivity contribution in [2.45, 2.75) is 19.8 Å². The Labute approximate surface area is 168 Å². The summed E-state index contributed by atoms with van der Waals surface area (Å²) in [4.78, 5) is 39.2. The first-order chi connectivity index (χ1) is 13.8. The highest BCUT2D eigenvalue weighted by Crippen LogP contribution is 2.28. The molecular weight excluding hydrogens is 376 g/mol. The molecule has 0 saturated carbocycles. The molecule has 0 spiro atoms. The number of nitriles is 1. The molecule has 0 bridgehead atoms. The molecule has 0 atom stereocenters. The Morgan fingerprint density at radius 1 is 1.10 bits per heavy atom. The lowest BCUT2D eigenvalue weighted by Gasteiger charge is -2.16. The second-order valence-corrected chi connectivity index (χ2v) is 6.22. The molecule has 0 saturated heterocycles. The summed E-state index contributed by atoms with van der Waals surface area (Å²) >= 11 is 0. The van der Waals surface area contributed by atoms with Gasteiger partial charge in [-0.15, -0.1) is 0 Å². The number of ether oxygens (including phenoxy) is 2. The fraction of sp³-hybridized carbons (Fsp3) is 0.333. The minimum atomic E-state index is -1.56. The number of rotatable bonds is 7. The van der Waals surface area contributed by atoms with Crippen molar-refractivity contribution >= 4 is 17.6 Å². The van der Waals surface area contributed by atoms with E-state index in [1.807, 2.05) is 31.1 Å². The van der Waals surface area contributed by atoms with E-state index >= 15 is 0 Å². The van der Waals surface area contributed by atoms with Crippen LogP contribution in [0.2, 0.25) is 0 Å². The number of anilines is 1. The van der Waals surface area contributed by atoms with Gasteiger partial charge >= 0.3 is 17.6 Å². The van der Waals surface area contributed by atoms with Gasteiger partial charge in [-0.3, -0.25) is 9.59 Å². The van der Waals surface area contributed by atoms with Gasteiger partial charge in [0.1, 0.15) is 17.4 Å². The van der Waals surface area contributed by atoms with Crippen LogP contribution < -0.4 is 10.5 Å². The van der Waals surface area contributed by atoms with E-state index in [1.54, 1.807) is 32.0 Å². The summed E-state index contributed by atoms with van der Waals surface area (Å²) in [5.41, 5.74) is -0.0156. The molecule has 0 fully saturated rings. The van der Waals surface area contributed by atoms with Crippen LogP contribution in [0.15, 0.2) is 39.5 Å². The third kappa shape index (κ3) is 4.82. The van der Waals surface area contributed by atoms with E-state index in [4.69, 9.17) is 13.9 Å². The Kier molecular flexibility index (Phi) is 7.15. The van der Waals surface area contributed by atoms with Crippen molar-refractivity contribution in [3.63, 3.8) is 0 Å². The smallest absolute Gasteiger partial charge is 0.354 e. The van der Waals surface area contributed by atoms with Gasteiger partial charge in [0, 0.05) is 30.9 Å². The van der Waals surface area contributed by atoms with E-state index in [0.717, 1.165) is 5.69 Å². The molecule has 0 amide bonds. The Morgan fingerprint density at radius 2 is 1.66 bits per heavy atom. The van der Waals surface area contributed by atoms with Crippen LogP contribution in [0.25, 0.3) is 11.3 Å². The van der Waals surface area contributed by atoms with Gasteiger partial charge in [0.25, 0.3) is 0 Å². The van der Waals surface area contributed by atoms with Crippen molar-refractivity contribution in [2.75, 3.05) is 32.2 Å². The van der Waals surface area contributed by atoms with E-state index in [1.165, 1.54) is 6.07 Å². The van der Waals surface area contributed by atoms with Crippen LogP contribution in [0.1, 0.15) is 30.9 Å². The molecule has 0 aliphatic carbocycles. The molecular formula is C21H22N2O6. The van der Waals surface area contributed by atoms with Crippen LogP contribution in [0.3, 0.4) is 0 Å². The second-order valence-electron chi connectivity index (χ2n) is 6.22. The van der Waals surface area contributed by atoms with Gasteiger partial charge in [-0.05, 0) is 44.2 Å². The molecule has 1 heterocycles. The lowest BCUT2D eigenvalue weighted by atomic mass is 9.94. The van der Waals surface area contributed by atoms with Crippen molar-refractivity contribution < 1.29 is 23.5 Å². The number of esters is 2. The van der Waals surface area contributed by atoms with Gasteiger partial charge in [-0.2, -0.15) is 5.26 Å². The summed E-state index contributed by atoms with van der Waals surface area (Å²) in [5, 5.41) is 9.41. The maximum Gasteiger partial charge on any atom is 0.354 e. The van der Waals surface area contributed by atoms with Crippen molar-refractivity contribution in [3.05, 3.63) is 51.9 Å². The van der Waals surface area contributed by atoms with E-state index in [0.29, 0.717) is 5.56 Å². The highest BCUT2D eigenvalue weighted by atomic mass is 16.6. The lowest BCUT2D eigenvalue weighted by Crippen LogP contribution is -2.28. The molecule has 29 heavy (non-hydrogen) atoms. The fourth-order valence-corrected chi connectivity index (χ4v) is 2.72. The third-order valence-corrected chi connectivity index (χ3v) is 4.12. The molecule has 8 heteroatoms. The maximum absolute atomic E-state index is 12.4. The van der Waals surface area contributed by atoms with Crippen molar-refractivity contribution in [1.82, 2.24) is 0 Å². The zero-order chi connectivity index (χ0) is 21.6. The van der Waals surface area contributed by atoms with Crippen LogP contribution >= 0.6 is 0 Å². The monoisotopic (exact) mass is 398 g/mol. The van der Waals surface area contributed by atoms with Gasteiger partial charge in [0.2, 0.25) is 0 Å². The quantitative estimate of drug-likeness (QED) is 0.517. The number of nitrogens with zero attached hydrogens (tertiary/aromatic N) is 2. The molecule has 0 aliphatic heterocycles. The van der Waals surface area contributed by atoms with E-state index in [9.17, 15) is 19.6 Å². The van der Waals surface area contributed by atoms with Gasteiger partial charge in [-0.1, -0.05) is 0 Å². The van der Waals surface area contributed by atoms with Crippen molar-refractivity contribution in [1.29, 1.82) is 5.26 Å². The normalized spacial score (nSPS) is 10.3. The molecule has 0 radical (unpaired) electrons. The number of carbonyl (C=O) groups excluding carboxylic acids is 2. The van der Waals surface area contributed by atoms with E-state index in [2.05, 4.69) is 0 Å². The molecule has 2 rings (SSSR count). The summed E-state index contributed by atoms with van der Waals surface area (Å²) in [6.45, 7) is 3.22. The first kappa shape index (κ1) is 21.7. The molecule has 152 valence electrons. The predicted molar refractivity (Wildman–Crippen MR) is 105 cm³/mol. The Bertz CT molecular complexity index is 968.